The summed E-state index contributed by atoms with van der Waals surface area (Å²) < 4.78 is 5.79. The van der Waals surface area contributed by atoms with E-state index in [9.17, 15) is 5.11 Å². The number of hydrogen-bond donors (Lipinski definition) is 1. The fourth-order valence-electron chi connectivity index (χ4n) is 2.64. The van der Waals surface area contributed by atoms with E-state index >= 15 is 0 Å². The molecule has 0 amide bonds. The van der Waals surface area contributed by atoms with Gasteiger partial charge in [-0.05, 0) is 25.5 Å². The molecule has 4 nitrogen and oxygen atoms in total. The predicted octanol–water partition coefficient (Wildman–Crippen LogP) is 1.53. The number of aliphatic hydroxyl groups excluding tert-OH is 1. The number of nitrogens with zero attached hydrogens (tertiary/aromatic N) is 2. The molecule has 1 saturated heterocycles. The Bertz CT molecular complexity index is 479. The van der Waals surface area contributed by atoms with E-state index in [4.69, 9.17) is 10.00 Å². The minimum absolute atomic E-state index is 0.0276. The Balaban J connectivity index is 2.12. The lowest BCUT2D eigenvalue weighted by atomic mass is 10.0. The van der Waals surface area contributed by atoms with E-state index in [2.05, 4.69) is 11.0 Å². The van der Waals surface area contributed by atoms with Crippen molar-refractivity contribution >= 4 is 0 Å². The standard InChI is InChI=1S/C15H20N2O2/c1-15(2)11-17(9-14(10-18)19-15)8-13-6-4-3-5-12(13)7-16/h3-6,14,18H,8-11H2,1-2H3. The van der Waals surface area contributed by atoms with Gasteiger partial charge in [0.15, 0.2) is 0 Å². The van der Waals surface area contributed by atoms with Crippen LogP contribution in [0, 0.1) is 11.3 Å². The molecule has 102 valence electrons. The monoisotopic (exact) mass is 260 g/mol. The quantitative estimate of drug-likeness (QED) is 0.895. The molecule has 0 spiro atoms. The van der Waals surface area contributed by atoms with Gasteiger partial charge in [0.25, 0.3) is 0 Å². The van der Waals surface area contributed by atoms with Crippen molar-refractivity contribution in [3.8, 4) is 6.07 Å². The highest BCUT2D eigenvalue weighted by Crippen LogP contribution is 2.23. The molecule has 0 saturated carbocycles. The van der Waals surface area contributed by atoms with Gasteiger partial charge < -0.3 is 9.84 Å². The first-order valence-electron chi connectivity index (χ1n) is 6.53. The van der Waals surface area contributed by atoms with E-state index in [1.54, 1.807) is 0 Å². The van der Waals surface area contributed by atoms with E-state index in [-0.39, 0.29) is 18.3 Å². The Morgan fingerprint density at radius 3 is 2.89 bits per heavy atom. The van der Waals surface area contributed by atoms with Crippen molar-refractivity contribution in [3.63, 3.8) is 0 Å². The van der Waals surface area contributed by atoms with Gasteiger partial charge in [0.2, 0.25) is 0 Å². The minimum atomic E-state index is -0.271. The fourth-order valence-corrected chi connectivity index (χ4v) is 2.64. The van der Waals surface area contributed by atoms with Gasteiger partial charge in [-0.25, -0.2) is 0 Å². The normalized spacial score (nSPS) is 22.9. The Morgan fingerprint density at radius 1 is 1.47 bits per heavy atom. The maximum Gasteiger partial charge on any atom is 0.0995 e. The van der Waals surface area contributed by atoms with Crippen LogP contribution in [-0.2, 0) is 11.3 Å². The molecule has 1 aliphatic heterocycles. The maximum absolute atomic E-state index is 9.30. The first kappa shape index (κ1) is 14.0. The van der Waals surface area contributed by atoms with E-state index < -0.39 is 0 Å². The molecule has 1 unspecified atom stereocenters. The number of benzene rings is 1. The summed E-state index contributed by atoms with van der Waals surface area (Å²) >= 11 is 0. The first-order chi connectivity index (χ1) is 9.04. The number of ether oxygens (including phenoxy) is 1. The molecule has 0 radical (unpaired) electrons. The SMILES string of the molecule is CC1(C)CN(Cc2ccccc2C#N)CC(CO)O1. The molecule has 1 heterocycles. The zero-order valence-corrected chi connectivity index (χ0v) is 11.5. The number of rotatable bonds is 3. The zero-order chi connectivity index (χ0) is 13.9. The zero-order valence-electron chi connectivity index (χ0n) is 11.5. The lowest BCUT2D eigenvalue weighted by Gasteiger charge is -2.42. The van der Waals surface area contributed by atoms with E-state index in [0.717, 1.165) is 12.1 Å². The molecule has 1 atom stereocenters. The van der Waals surface area contributed by atoms with Crippen molar-refractivity contribution in [2.24, 2.45) is 0 Å². The van der Waals surface area contributed by atoms with Gasteiger partial charge in [0.05, 0.1) is 29.9 Å². The highest BCUT2D eigenvalue weighted by molar-refractivity contribution is 5.37. The van der Waals surface area contributed by atoms with E-state index in [0.29, 0.717) is 18.7 Å². The van der Waals surface area contributed by atoms with Crippen molar-refractivity contribution in [2.75, 3.05) is 19.7 Å². The van der Waals surface area contributed by atoms with Gasteiger partial charge in [-0.2, -0.15) is 5.26 Å². The summed E-state index contributed by atoms with van der Waals surface area (Å²) in [7, 11) is 0. The van der Waals surface area contributed by atoms with E-state index in [1.807, 2.05) is 38.1 Å². The average molecular weight is 260 g/mol. The lowest BCUT2D eigenvalue weighted by molar-refractivity contribution is -0.150. The summed E-state index contributed by atoms with van der Waals surface area (Å²) in [6, 6.07) is 9.87. The number of aliphatic hydroxyl groups is 1. The fraction of sp³-hybridized carbons (Fsp3) is 0.533. The van der Waals surface area contributed by atoms with Crippen LogP contribution >= 0.6 is 0 Å². The number of hydrogen-bond acceptors (Lipinski definition) is 4. The van der Waals surface area contributed by atoms with Crippen molar-refractivity contribution in [1.29, 1.82) is 5.26 Å². The third-order valence-corrected chi connectivity index (χ3v) is 3.29. The molecule has 1 aliphatic rings. The highest BCUT2D eigenvalue weighted by atomic mass is 16.5. The second-order valence-electron chi connectivity index (χ2n) is 5.62. The van der Waals surface area contributed by atoms with Crippen LogP contribution in [0.25, 0.3) is 0 Å². The molecule has 0 aromatic heterocycles. The van der Waals surface area contributed by atoms with Gasteiger partial charge in [-0.15, -0.1) is 0 Å². The second-order valence-corrected chi connectivity index (χ2v) is 5.62. The predicted molar refractivity (Wildman–Crippen MR) is 72.5 cm³/mol. The van der Waals surface area contributed by atoms with Crippen LogP contribution in [0.4, 0.5) is 0 Å². The van der Waals surface area contributed by atoms with Crippen LogP contribution in [0.2, 0.25) is 0 Å². The molecule has 19 heavy (non-hydrogen) atoms. The molecule has 1 aromatic rings. The van der Waals surface area contributed by atoms with Crippen LogP contribution in [0.5, 0.6) is 0 Å². The van der Waals surface area contributed by atoms with Crippen molar-refractivity contribution in [1.82, 2.24) is 4.90 Å². The van der Waals surface area contributed by atoms with Gasteiger partial charge >= 0.3 is 0 Å². The molecular weight excluding hydrogens is 240 g/mol. The van der Waals surface area contributed by atoms with Gasteiger partial charge in [-0.3, -0.25) is 4.90 Å². The second kappa shape index (κ2) is 5.70. The van der Waals surface area contributed by atoms with Crippen LogP contribution in [0.15, 0.2) is 24.3 Å². The Labute approximate surface area is 114 Å². The molecule has 1 fully saturated rings. The molecule has 2 rings (SSSR count). The van der Waals surface area contributed by atoms with Crippen molar-refractivity contribution in [2.45, 2.75) is 32.1 Å². The summed E-state index contributed by atoms with van der Waals surface area (Å²) in [5.41, 5.74) is 1.47. The summed E-state index contributed by atoms with van der Waals surface area (Å²) in [5, 5.41) is 18.4. The number of nitriles is 1. The summed E-state index contributed by atoms with van der Waals surface area (Å²) in [5.74, 6) is 0. The maximum atomic E-state index is 9.30. The summed E-state index contributed by atoms with van der Waals surface area (Å²) in [6.45, 7) is 6.28. The van der Waals surface area contributed by atoms with Crippen LogP contribution in [0.3, 0.4) is 0 Å². The molecule has 0 bridgehead atoms. The molecule has 0 aliphatic carbocycles. The third kappa shape index (κ3) is 3.54. The van der Waals surface area contributed by atoms with E-state index in [1.165, 1.54) is 0 Å². The highest BCUT2D eigenvalue weighted by Gasteiger charge is 2.33. The smallest absolute Gasteiger partial charge is 0.0995 e. The molecule has 1 N–H and O–H groups in total. The first-order valence-corrected chi connectivity index (χ1v) is 6.53. The van der Waals surface area contributed by atoms with Gasteiger partial charge in [0, 0.05) is 19.6 Å². The van der Waals surface area contributed by atoms with Crippen LogP contribution < -0.4 is 0 Å². The largest absolute Gasteiger partial charge is 0.394 e. The molecular formula is C15H20N2O2. The van der Waals surface area contributed by atoms with Gasteiger partial charge in [0.1, 0.15) is 0 Å². The summed E-state index contributed by atoms with van der Waals surface area (Å²) in [6.07, 6.45) is -0.155. The number of morpholine rings is 1. The van der Waals surface area contributed by atoms with Crippen molar-refractivity contribution < 1.29 is 9.84 Å². The lowest BCUT2D eigenvalue weighted by Crippen LogP contribution is -2.53. The topological polar surface area (TPSA) is 56.5 Å². The van der Waals surface area contributed by atoms with Gasteiger partial charge in [-0.1, -0.05) is 18.2 Å². The third-order valence-electron chi connectivity index (χ3n) is 3.29. The Morgan fingerprint density at radius 2 is 2.21 bits per heavy atom. The Hall–Kier alpha value is -1.41. The minimum Gasteiger partial charge on any atom is -0.394 e. The van der Waals surface area contributed by atoms with Crippen molar-refractivity contribution in [3.05, 3.63) is 35.4 Å². The van der Waals surface area contributed by atoms with Crippen LogP contribution in [0.1, 0.15) is 25.0 Å². The molecule has 1 aromatic carbocycles. The summed E-state index contributed by atoms with van der Waals surface area (Å²) in [4.78, 5) is 2.24. The van der Waals surface area contributed by atoms with Crippen LogP contribution in [-0.4, -0.2) is 41.4 Å². The molecule has 4 heteroatoms. The Kier molecular flexibility index (Phi) is 4.20. The average Bonchev–Trinajstić information content (AvgIpc) is 2.37.